The number of ether oxygens (including phenoxy) is 2. The van der Waals surface area contributed by atoms with Crippen LogP contribution in [0.15, 0.2) is 29.8 Å². The molecule has 0 bridgehead atoms. The van der Waals surface area contributed by atoms with Crippen molar-refractivity contribution in [2.24, 2.45) is 5.92 Å². The van der Waals surface area contributed by atoms with Gasteiger partial charge < -0.3 is 14.4 Å². The van der Waals surface area contributed by atoms with Gasteiger partial charge in [0, 0.05) is 17.6 Å². The summed E-state index contributed by atoms with van der Waals surface area (Å²) in [4.78, 5) is 19.4. The van der Waals surface area contributed by atoms with E-state index in [2.05, 4.69) is 4.98 Å². The first kappa shape index (κ1) is 15.4. The smallest absolute Gasteiger partial charge is 0.230 e. The highest BCUT2D eigenvalue weighted by molar-refractivity contribution is 7.09. The number of nitrogens with zero attached hydrogens (tertiary/aromatic N) is 2. The molecule has 0 N–H and O–H groups in total. The van der Waals surface area contributed by atoms with Crippen molar-refractivity contribution in [2.75, 3.05) is 13.7 Å². The summed E-state index contributed by atoms with van der Waals surface area (Å²) >= 11 is 1.60. The second-order valence-electron chi connectivity index (χ2n) is 6.28. The van der Waals surface area contributed by atoms with Crippen LogP contribution >= 0.6 is 11.3 Å². The van der Waals surface area contributed by atoms with E-state index in [9.17, 15) is 4.79 Å². The summed E-state index contributed by atoms with van der Waals surface area (Å²) in [7, 11) is 1.64. The number of para-hydroxylation sites is 1. The van der Waals surface area contributed by atoms with Gasteiger partial charge in [0.25, 0.3) is 0 Å². The molecule has 1 aromatic carbocycles. The standard InChI is InChI=1S/C18H20N2O3S/c1-22-15-4-2-3-12-9-13(11-23-17(12)15)18(21)20(14-5-6-14)10-16-19-7-8-24-16/h2-4,7-8,13-14H,5-6,9-11H2,1H3/t13-/m0/s1. The molecule has 1 aliphatic heterocycles. The maximum absolute atomic E-state index is 13.1. The van der Waals surface area contributed by atoms with Crippen LogP contribution in [-0.2, 0) is 17.8 Å². The third-order valence-corrected chi connectivity index (χ3v) is 5.35. The zero-order chi connectivity index (χ0) is 16.5. The topological polar surface area (TPSA) is 51.7 Å². The van der Waals surface area contributed by atoms with E-state index in [-0.39, 0.29) is 11.8 Å². The highest BCUT2D eigenvalue weighted by Crippen LogP contribution is 2.38. The van der Waals surface area contributed by atoms with Crippen LogP contribution in [0, 0.1) is 5.92 Å². The van der Waals surface area contributed by atoms with Gasteiger partial charge >= 0.3 is 0 Å². The van der Waals surface area contributed by atoms with Crippen molar-refractivity contribution in [2.45, 2.75) is 31.8 Å². The Kier molecular flexibility index (Phi) is 4.14. The van der Waals surface area contributed by atoms with E-state index in [1.165, 1.54) is 0 Å². The Morgan fingerprint density at radius 2 is 2.33 bits per heavy atom. The Morgan fingerprint density at radius 1 is 1.46 bits per heavy atom. The lowest BCUT2D eigenvalue weighted by atomic mass is 9.95. The van der Waals surface area contributed by atoms with Crippen molar-refractivity contribution >= 4 is 17.2 Å². The normalized spacial score (nSPS) is 19.3. The summed E-state index contributed by atoms with van der Waals surface area (Å²) in [6.07, 6.45) is 4.68. The quantitative estimate of drug-likeness (QED) is 0.837. The molecule has 4 rings (SSSR count). The first-order valence-electron chi connectivity index (χ1n) is 8.24. The van der Waals surface area contributed by atoms with Crippen molar-refractivity contribution in [3.8, 4) is 11.5 Å². The van der Waals surface area contributed by atoms with E-state index in [0.29, 0.717) is 25.6 Å². The monoisotopic (exact) mass is 344 g/mol. The minimum Gasteiger partial charge on any atom is -0.493 e. The number of aromatic nitrogens is 1. The molecular weight excluding hydrogens is 324 g/mol. The third kappa shape index (κ3) is 2.98. The number of benzene rings is 1. The second-order valence-corrected chi connectivity index (χ2v) is 7.26. The fraction of sp³-hybridized carbons (Fsp3) is 0.444. The number of amides is 1. The van der Waals surface area contributed by atoms with Crippen molar-refractivity contribution < 1.29 is 14.3 Å². The lowest BCUT2D eigenvalue weighted by Crippen LogP contribution is -2.41. The lowest BCUT2D eigenvalue weighted by Gasteiger charge is -2.30. The highest BCUT2D eigenvalue weighted by atomic mass is 32.1. The van der Waals surface area contributed by atoms with E-state index < -0.39 is 0 Å². The molecule has 24 heavy (non-hydrogen) atoms. The predicted molar refractivity (Wildman–Crippen MR) is 91.4 cm³/mol. The van der Waals surface area contributed by atoms with Gasteiger partial charge in [-0.1, -0.05) is 12.1 Å². The molecule has 126 valence electrons. The number of hydrogen-bond acceptors (Lipinski definition) is 5. The number of carbonyl (C=O) groups excluding carboxylic acids is 1. The first-order valence-corrected chi connectivity index (χ1v) is 9.11. The Hall–Kier alpha value is -2.08. The van der Waals surface area contributed by atoms with Gasteiger partial charge in [-0.05, 0) is 30.9 Å². The Labute approximate surface area is 145 Å². The largest absolute Gasteiger partial charge is 0.493 e. The van der Waals surface area contributed by atoms with Crippen LogP contribution in [0.5, 0.6) is 11.5 Å². The van der Waals surface area contributed by atoms with E-state index in [0.717, 1.165) is 34.9 Å². The molecule has 0 saturated heterocycles. The number of thiazole rings is 1. The Morgan fingerprint density at radius 3 is 3.04 bits per heavy atom. The van der Waals surface area contributed by atoms with E-state index in [1.54, 1.807) is 24.6 Å². The van der Waals surface area contributed by atoms with Gasteiger partial charge in [0.05, 0.1) is 19.6 Å². The van der Waals surface area contributed by atoms with Crippen molar-refractivity contribution in [1.29, 1.82) is 0 Å². The molecule has 0 radical (unpaired) electrons. The molecule has 1 atom stereocenters. The third-order valence-electron chi connectivity index (χ3n) is 4.58. The average Bonchev–Trinajstić information content (AvgIpc) is 3.33. The summed E-state index contributed by atoms with van der Waals surface area (Å²) < 4.78 is 11.2. The van der Waals surface area contributed by atoms with Gasteiger partial charge in [0.15, 0.2) is 11.5 Å². The zero-order valence-electron chi connectivity index (χ0n) is 13.6. The van der Waals surface area contributed by atoms with Gasteiger partial charge in [0.2, 0.25) is 5.91 Å². The minimum atomic E-state index is -0.134. The molecule has 1 fully saturated rings. The molecule has 6 heteroatoms. The SMILES string of the molecule is COc1cccc2c1OC[C@@H](C(=O)N(Cc1nccs1)C1CC1)C2. The maximum Gasteiger partial charge on any atom is 0.230 e. The molecule has 1 saturated carbocycles. The predicted octanol–water partition coefficient (Wildman–Crippen LogP) is 2.89. The number of fused-ring (bicyclic) bond motifs is 1. The summed E-state index contributed by atoms with van der Waals surface area (Å²) in [5, 5.41) is 2.95. The molecule has 2 heterocycles. The average molecular weight is 344 g/mol. The van der Waals surface area contributed by atoms with Gasteiger partial charge in [-0.2, -0.15) is 0 Å². The molecule has 0 spiro atoms. The molecule has 1 aromatic heterocycles. The van der Waals surface area contributed by atoms with Crippen molar-refractivity contribution in [3.63, 3.8) is 0 Å². The van der Waals surface area contributed by atoms with Crippen LogP contribution in [0.2, 0.25) is 0 Å². The molecule has 2 aromatic rings. The number of carbonyl (C=O) groups is 1. The maximum atomic E-state index is 13.1. The molecular formula is C18H20N2O3S. The van der Waals surface area contributed by atoms with Crippen LogP contribution < -0.4 is 9.47 Å². The Bertz CT molecular complexity index is 728. The van der Waals surface area contributed by atoms with Crippen LogP contribution in [0.25, 0.3) is 0 Å². The van der Waals surface area contributed by atoms with Gasteiger partial charge in [0.1, 0.15) is 11.6 Å². The molecule has 5 nitrogen and oxygen atoms in total. The fourth-order valence-corrected chi connectivity index (χ4v) is 3.81. The zero-order valence-corrected chi connectivity index (χ0v) is 14.4. The van der Waals surface area contributed by atoms with Gasteiger partial charge in [-0.15, -0.1) is 11.3 Å². The molecule has 1 aliphatic carbocycles. The van der Waals surface area contributed by atoms with Crippen LogP contribution in [0.4, 0.5) is 0 Å². The lowest BCUT2D eigenvalue weighted by molar-refractivity contribution is -0.138. The van der Waals surface area contributed by atoms with E-state index in [1.807, 2.05) is 28.5 Å². The number of rotatable bonds is 5. The summed E-state index contributed by atoms with van der Waals surface area (Å²) in [5.41, 5.74) is 1.05. The van der Waals surface area contributed by atoms with Gasteiger partial charge in [-0.3, -0.25) is 4.79 Å². The van der Waals surface area contributed by atoms with Crippen LogP contribution in [-0.4, -0.2) is 35.5 Å². The first-order chi connectivity index (χ1) is 11.8. The summed E-state index contributed by atoms with van der Waals surface area (Å²) in [5.74, 6) is 1.56. The van der Waals surface area contributed by atoms with Gasteiger partial charge in [-0.25, -0.2) is 4.98 Å². The summed E-state index contributed by atoms with van der Waals surface area (Å²) in [6, 6.07) is 6.22. The van der Waals surface area contributed by atoms with E-state index >= 15 is 0 Å². The van der Waals surface area contributed by atoms with E-state index in [4.69, 9.17) is 9.47 Å². The molecule has 1 amide bonds. The molecule has 0 unspecified atom stereocenters. The minimum absolute atomic E-state index is 0.134. The summed E-state index contributed by atoms with van der Waals surface area (Å²) in [6.45, 7) is 1.02. The Balaban J connectivity index is 1.51. The van der Waals surface area contributed by atoms with Crippen LogP contribution in [0.3, 0.4) is 0 Å². The number of methoxy groups -OCH3 is 1. The van der Waals surface area contributed by atoms with Crippen LogP contribution in [0.1, 0.15) is 23.4 Å². The van der Waals surface area contributed by atoms with Crippen molar-refractivity contribution in [1.82, 2.24) is 9.88 Å². The second kappa shape index (κ2) is 6.43. The van der Waals surface area contributed by atoms with Crippen molar-refractivity contribution in [3.05, 3.63) is 40.3 Å². The highest BCUT2D eigenvalue weighted by Gasteiger charge is 2.38. The molecule has 2 aliphatic rings. The fourth-order valence-electron chi connectivity index (χ4n) is 3.20. The number of hydrogen-bond donors (Lipinski definition) is 0.